The number of hydrogen-bond acceptors (Lipinski definition) is 3. The minimum absolute atomic E-state index is 0.185. The van der Waals surface area contributed by atoms with Crippen molar-refractivity contribution >= 4 is 40.2 Å². The Morgan fingerprint density at radius 3 is 2.64 bits per heavy atom. The quantitative estimate of drug-likeness (QED) is 0.429. The Kier molecular flexibility index (Phi) is 5.71. The minimum Gasteiger partial charge on any atom is -0.468 e. The Morgan fingerprint density at radius 2 is 1.92 bits per heavy atom. The zero-order chi connectivity index (χ0) is 17.8. The van der Waals surface area contributed by atoms with Crippen LogP contribution in [0.15, 0.2) is 59.6 Å². The van der Waals surface area contributed by atoms with Crippen LogP contribution in [0.3, 0.4) is 0 Å². The van der Waals surface area contributed by atoms with E-state index < -0.39 is 0 Å². The Bertz CT molecular complexity index is 890. The molecule has 1 aromatic heterocycles. The van der Waals surface area contributed by atoms with Gasteiger partial charge >= 0.3 is 5.97 Å². The van der Waals surface area contributed by atoms with E-state index in [2.05, 4.69) is 22.9 Å². The van der Waals surface area contributed by atoms with Crippen LogP contribution in [0.1, 0.15) is 18.9 Å². The van der Waals surface area contributed by atoms with Crippen LogP contribution in [-0.4, -0.2) is 22.9 Å². The topological polar surface area (TPSA) is 31.2 Å². The molecule has 1 heterocycles. The summed E-state index contributed by atoms with van der Waals surface area (Å²) in [5.74, 6) is -0.185. The average molecular weight is 374 g/mol. The van der Waals surface area contributed by atoms with Crippen molar-refractivity contribution in [2.24, 2.45) is 0 Å². The molecule has 0 N–H and O–H groups in total. The van der Waals surface area contributed by atoms with Gasteiger partial charge in [0.1, 0.15) is 5.25 Å². The van der Waals surface area contributed by atoms with E-state index in [-0.39, 0.29) is 11.2 Å². The first-order valence-electron chi connectivity index (χ1n) is 8.19. The molecule has 3 aromatic rings. The van der Waals surface area contributed by atoms with E-state index in [1.807, 2.05) is 43.3 Å². The lowest BCUT2D eigenvalue weighted by molar-refractivity contribution is -0.140. The second-order valence-electron chi connectivity index (χ2n) is 5.77. The van der Waals surface area contributed by atoms with Gasteiger partial charge in [-0.1, -0.05) is 54.9 Å². The summed E-state index contributed by atoms with van der Waals surface area (Å²) < 4.78 is 7.11. The van der Waals surface area contributed by atoms with Gasteiger partial charge in [0, 0.05) is 33.6 Å². The fourth-order valence-electron chi connectivity index (χ4n) is 2.83. The van der Waals surface area contributed by atoms with Gasteiger partial charge in [-0.05, 0) is 24.1 Å². The summed E-state index contributed by atoms with van der Waals surface area (Å²) in [6.07, 6.45) is 2.83. The number of esters is 1. The van der Waals surface area contributed by atoms with E-state index in [0.29, 0.717) is 6.54 Å². The highest BCUT2D eigenvalue weighted by Crippen LogP contribution is 2.35. The molecule has 3 rings (SSSR count). The van der Waals surface area contributed by atoms with Crippen LogP contribution in [0.4, 0.5) is 0 Å². The number of nitrogens with zero attached hydrogens (tertiary/aromatic N) is 1. The van der Waals surface area contributed by atoms with Crippen molar-refractivity contribution in [2.75, 3.05) is 7.11 Å². The molecule has 0 bridgehead atoms. The number of ether oxygens (including phenoxy) is 1. The molecule has 130 valence electrons. The van der Waals surface area contributed by atoms with Gasteiger partial charge in [0.25, 0.3) is 0 Å². The maximum atomic E-state index is 12.0. The molecule has 3 nitrogen and oxygen atoms in total. The second-order valence-corrected chi connectivity index (χ2v) is 7.42. The van der Waals surface area contributed by atoms with Gasteiger partial charge in [0.05, 0.1) is 7.11 Å². The average Bonchev–Trinajstić information content (AvgIpc) is 2.98. The van der Waals surface area contributed by atoms with Crippen LogP contribution in [0.25, 0.3) is 10.9 Å². The molecule has 0 aliphatic carbocycles. The lowest BCUT2D eigenvalue weighted by Gasteiger charge is -2.11. The third-order valence-electron chi connectivity index (χ3n) is 4.15. The van der Waals surface area contributed by atoms with Gasteiger partial charge in [-0.25, -0.2) is 0 Å². The Balaban J connectivity index is 1.98. The highest BCUT2D eigenvalue weighted by molar-refractivity contribution is 8.00. The molecule has 0 aliphatic heterocycles. The fourth-order valence-corrected chi connectivity index (χ4v) is 4.18. The number of fused-ring (bicyclic) bond motifs is 1. The SMILES string of the molecule is CCC(Sc1cn(Cc2ccccc2Cl)c2ccccc12)C(=O)OC. The first-order valence-corrected chi connectivity index (χ1v) is 9.45. The normalized spacial score (nSPS) is 12.3. The van der Waals surface area contributed by atoms with Crippen LogP contribution < -0.4 is 0 Å². The van der Waals surface area contributed by atoms with E-state index in [4.69, 9.17) is 16.3 Å². The van der Waals surface area contributed by atoms with Crippen LogP contribution in [0, 0.1) is 0 Å². The van der Waals surface area contributed by atoms with Crippen molar-refractivity contribution in [2.45, 2.75) is 30.0 Å². The van der Waals surface area contributed by atoms with E-state index >= 15 is 0 Å². The largest absolute Gasteiger partial charge is 0.468 e. The fraction of sp³-hybridized carbons (Fsp3) is 0.250. The molecule has 0 spiro atoms. The Labute approximate surface area is 156 Å². The molecule has 1 unspecified atom stereocenters. The lowest BCUT2D eigenvalue weighted by atomic mass is 10.2. The first-order chi connectivity index (χ1) is 12.1. The maximum absolute atomic E-state index is 12.0. The van der Waals surface area contributed by atoms with Crippen molar-refractivity contribution in [1.29, 1.82) is 0 Å². The predicted molar refractivity (Wildman–Crippen MR) is 104 cm³/mol. The summed E-state index contributed by atoms with van der Waals surface area (Å²) in [6.45, 7) is 2.69. The summed E-state index contributed by atoms with van der Waals surface area (Å²) >= 11 is 7.88. The summed E-state index contributed by atoms with van der Waals surface area (Å²) in [7, 11) is 1.44. The van der Waals surface area contributed by atoms with Crippen molar-refractivity contribution in [1.82, 2.24) is 4.57 Å². The Hall–Kier alpha value is -1.91. The molecule has 25 heavy (non-hydrogen) atoms. The molecule has 0 fully saturated rings. The van der Waals surface area contributed by atoms with Crippen LogP contribution in [0.5, 0.6) is 0 Å². The first kappa shape index (κ1) is 17.9. The molecule has 0 aliphatic rings. The van der Waals surface area contributed by atoms with E-state index in [1.54, 1.807) is 11.8 Å². The van der Waals surface area contributed by atoms with Crippen LogP contribution in [0.2, 0.25) is 5.02 Å². The number of halogens is 1. The zero-order valence-electron chi connectivity index (χ0n) is 14.2. The molecule has 0 saturated carbocycles. The summed E-state index contributed by atoms with van der Waals surface area (Å²) in [5, 5.41) is 1.70. The van der Waals surface area contributed by atoms with Crippen molar-refractivity contribution < 1.29 is 9.53 Å². The van der Waals surface area contributed by atoms with Crippen LogP contribution in [-0.2, 0) is 16.1 Å². The van der Waals surface area contributed by atoms with E-state index in [9.17, 15) is 4.79 Å². The molecule has 0 radical (unpaired) electrons. The number of thioether (sulfide) groups is 1. The number of para-hydroxylation sites is 1. The van der Waals surface area contributed by atoms with Crippen molar-refractivity contribution in [3.05, 3.63) is 65.3 Å². The van der Waals surface area contributed by atoms with Gasteiger partial charge < -0.3 is 9.30 Å². The van der Waals surface area contributed by atoms with Gasteiger partial charge in [-0.15, -0.1) is 11.8 Å². The number of aromatic nitrogens is 1. The summed E-state index contributed by atoms with van der Waals surface area (Å²) in [6, 6.07) is 16.1. The van der Waals surface area contributed by atoms with Gasteiger partial charge in [-0.2, -0.15) is 0 Å². The van der Waals surface area contributed by atoms with Gasteiger partial charge in [0.15, 0.2) is 0 Å². The number of rotatable bonds is 6. The molecular weight excluding hydrogens is 354 g/mol. The number of hydrogen-bond donors (Lipinski definition) is 0. The second kappa shape index (κ2) is 7.98. The zero-order valence-corrected chi connectivity index (χ0v) is 15.8. The smallest absolute Gasteiger partial charge is 0.319 e. The number of methoxy groups -OCH3 is 1. The molecule has 1 atom stereocenters. The summed E-state index contributed by atoms with van der Waals surface area (Å²) in [5.41, 5.74) is 2.20. The molecule has 0 saturated heterocycles. The number of carbonyl (C=O) groups excluding carboxylic acids is 1. The third kappa shape index (κ3) is 3.86. The number of benzene rings is 2. The monoisotopic (exact) mass is 373 g/mol. The van der Waals surface area contributed by atoms with Gasteiger partial charge in [-0.3, -0.25) is 4.79 Å². The number of carbonyl (C=O) groups is 1. The third-order valence-corrected chi connectivity index (χ3v) is 5.91. The molecule has 0 amide bonds. The minimum atomic E-state index is -0.204. The highest BCUT2D eigenvalue weighted by atomic mass is 35.5. The highest BCUT2D eigenvalue weighted by Gasteiger charge is 2.21. The predicted octanol–water partition coefficient (Wildman–Crippen LogP) is 5.39. The summed E-state index contributed by atoms with van der Waals surface area (Å²) in [4.78, 5) is 13.0. The molecule has 2 aromatic carbocycles. The van der Waals surface area contributed by atoms with Crippen molar-refractivity contribution in [3.63, 3.8) is 0 Å². The van der Waals surface area contributed by atoms with Crippen molar-refractivity contribution in [3.8, 4) is 0 Å². The van der Waals surface area contributed by atoms with E-state index in [0.717, 1.165) is 32.8 Å². The Morgan fingerprint density at radius 1 is 1.20 bits per heavy atom. The standard InChI is InChI=1S/C20H20ClNO2S/c1-3-18(20(23)24-2)25-19-13-22(17-11-7-5-9-15(17)19)12-14-8-4-6-10-16(14)21/h4-11,13,18H,3,12H2,1-2H3. The molecule has 5 heteroatoms. The molecular formula is C20H20ClNO2S. The van der Waals surface area contributed by atoms with Gasteiger partial charge in [0.2, 0.25) is 0 Å². The van der Waals surface area contributed by atoms with Crippen LogP contribution >= 0.6 is 23.4 Å². The van der Waals surface area contributed by atoms with E-state index in [1.165, 1.54) is 7.11 Å². The lowest BCUT2D eigenvalue weighted by Crippen LogP contribution is -2.17. The maximum Gasteiger partial charge on any atom is 0.319 e.